The number of halogens is 1. The van der Waals surface area contributed by atoms with Gasteiger partial charge in [0.2, 0.25) is 0 Å². The molecule has 0 saturated carbocycles. The molecule has 1 aliphatic heterocycles. The molecule has 4 rings (SSSR count). The third-order valence-corrected chi connectivity index (χ3v) is 6.52. The molecule has 7 nitrogen and oxygen atoms in total. The summed E-state index contributed by atoms with van der Waals surface area (Å²) in [7, 11) is 1.39. The number of rotatable bonds is 7. The van der Waals surface area contributed by atoms with Gasteiger partial charge in [-0.05, 0) is 68.5 Å². The van der Waals surface area contributed by atoms with E-state index in [-0.39, 0.29) is 17.8 Å². The third-order valence-electron chi connectivity index (χ3n) is 6.52. The van der Waals surface area contributed by atoms with Crippen LogP contribution < -0.4 is 5.32 Å². The maximum absolute atomic E-state index is 13.8. The van der Waals surface area contributed by atoms with Crippen LogP contribution in [0.4, 0.5) is 9.18 Å². The van der Waals surface area contributed by atoms with E-state index in [4.69, 9.17) is 4.74 Å². The van der Waals surface area contributed by atoms with Gasteiger partial charge >= 0.3 is 12.0 Å². The van der Waals surface area contributed by atoms with Gasteiger partial charge in [0.1, 0.15) is 11.5 Å². The van der Waals surface area contributed by atoms with Crippen LogP contribution in [0.25, 0.3) is 11.0 Å². The van der Waals surface area contributed by atoms with Gasteiger partial charge in [0.15, 0.2) is 0 Å². The van der Waals surface area contributed by atoms with Gasteiger partial charge in [-0.25, -0.2) is 14.2 Å². The van der Waals surface area contributed by atoms with Crippen LogP contribution in [-0.4, -0.2) is 46.7 Å². The molecule has 180 valence electrons. The fourth-order valence-corrected chi connectivity index (χ4v) is 4.64. The van der Waals surface area contributed by atoms with E-state index < -0.39 is 5.41 Å². The summed E-state index contributed by atoms with van der Waals surface area (Å²) < 4.78 is 20.7. The summed E-state index contributed by atoms with van der Waals surface area (Å²) in [6.45, 7) is 5.73. The fourth-order valence-electron chi connectivity index (χ4n) is 4.64. The number of amides is 2. The number of hydrogen-bond acceptors (Lipinski definition) is 4. The molecule has 0 unspecified atom stereocenters. The van der Waals surface area contributed by atoms with Gasteiger partial charge in [-0.2, -0.15) is 0 Å². The van der Waals surface area contributed by atoms with Crippen LogP contribution in [0.2, 0.25) is 0 Å². The topological polar surface area (TPSA) is 76.5 Å². The minimum atomic E-state index is -0.579. The average Bonchev–Trinajstić information content (AvgIpc) is 3.14. The van der Waals surface area contributed by atoms with E-state index in [1.54, 1.807) is 17.2 Å². The second kappa shape index (κ2) is 9.83. The van der Waals surface area contributed by atoms with Crippen molar-refractivity contribution in [1.29, 1.82) is 0 Å². The van der Waals surface area contributed by atoms with Crippen LogP contribution in [0.15, 0.2) is 42.6 Å². The highest BCUT2D eigenvalue weighted by Crippen LogP contribution is 2.30. The normalized spacial score (nSPS) is 13.6. The number of carbonyl (C=O) groups is 2. The van der Waals surface area contributed by atoms with E-state index >= 15 is 0 Å². The first-order valence-electron chi connectivity index (χ1n) is 11.6. The number of nitrogens with one attached hydrogen (secondary N) is 1. The molecule has 1 aromatic carbocycles. The van der Waals surface area contributed by atoms with Crippen LogP contribution in [0.3, 0.4) is 0 Å². The largest absolute Gasteiger partial charge is 0.469 e. The molecule has 0 fully saturated rings. The van der Waals surface area contributed by atoms with Gasteiger partial charge in [-0.15, -0.1) is 0 Å². The highest BCUT2D eigenvalue weighted by atomic mass is 19.1. The van der Waals surface area contributed by atoms with E-state index in [1.165, 1.54) is 24.8 Å². The summed E-state index contributed by atoms with van der Waals surface area (Å²) in [4.78, 5) is 31.1. The van der Waals surface area contributed by atoms with Gasteiger partial charge < -0.3 is 19.5 Å². The lowest BCUT2D eigenvalue weighted by Gasteiger charge is -2.29. The molecule has 2 aromatic heterocycles. The number of fused-ring (bicyclic) bond motifs is 3. The quantitative estimate of drug-likeness (QED) is 0.417. The van der Waals surface area contributed by atoms with E-state index in [9.17, 15) is 14.0 Å². The number of urea groups is 1. The molecule has 8 heteroatoms. The predicted octanol–water partition coefficient (Wildman–Crippen LogP) is 4.27. The predicted molar refractivity (Wildman–Crippen MR) is 128 cm³/mol. The zero-order chi connectivity index (χ0) is 24.3. The number of ether oxygens (including phenoxy) is 1. The molecule has 0 aliphatic carbocycles. The summed E-state index contributed by atoms with van der Waals surface area (Å²) in [5, 5.41) is 4.07. The Kier molecular flexibility index (Phi) is 6.86. The Morgan fingerprint density at radius 3 is 2.82 bits per heavy atom. The zero-order valence-corrected chi connectivity index (χ0v) is 19.9. The van der Waals surface area contributed by atoms with Crippen molar-refractivity contribution < 1.29 is 18.7 Å². The Morgan fingerprint density at radius 1 is 1.24 bits per heavy atom. The van der Waals surface area contributed by atoms with Crippen molar-refractivity contribution in [2.75, 3.05) is 20.2 Å². The molecule has 2 amide bonds. The number of aromatic nitrogens is 2. The Bertz CT molecular complexity index is 1200. The molecule has 3 heterocycles. The van der Waals surface area contributed by atoms with Crippen LogP contribution in [-0.2, 0) is 29.0 Å². The smallest absolute Gasteiger partial charge is 0.317 e. The standard InChI is InChI=1S/C26H31FN4O3/c1-26(2,24(32)34-3)11-6-13-29-25(33)30-14-10-20-21-9-5-12-28-23(21)31(22(20)17-30)16-18-7-4-8-19(27)15-18/h4-5,7-9,12,15H,6,10-11,13-14,16-17H2,1-3H3,(H,29,33). The Balaban J connectivity index is 1.47. The average molecular weight is 467 g/mol. The van der Waals surface area contributed by atoms with Gasteiger partial charge in [0.25, 0.3) is 0 Å². The first-order valence-corrected chi connectivity index (χ1v) is 11.6. The monoisotopic (exact) mass is 466 g/mol. The minimum Gasteiger partial charge on any atom is -0.469 e. The van der Waals surface area contributed by atoms with Crippen molar-refractivity contribution in [3.63, 3.8) is 0 Å². The molecule has 1 N–H and O–H groups in total. The van der Waals surface area contributed by atoms with Crippen LogP contribution in [0.1, 0.15) is 43.5 Å². The fraction of sp³-hybridized carbons (Fsp3) is 0.423. The van der Waals surface area contributed by atoms with Crippen molar-refractivity contribution in [3.05, 3.63) is 65.2 Å². The second-order valence-electron chi connectivity index (χ2n) is 9.40. The lowest BCUT2D eigenvalue weighted by Crippen LogP contribution is -2.43. The van der Waals surface area contributed by atoms with E-state index in [0.29, 0.717) is 39.0 Å². The number of nitrogens with zero attached hydrogens (tertiary/aromatic N) is 3. The van der Waals surface area contributed by atoms with Crippen molar-refractivity contribution in [1.82, 2.24) is 19.8 Å². The zero-order valence-electron chi connectivity index (χ0n) is 19.9. The molecule has 0 saturated heterocycles. The molecule has 0 atom stereocenters. The summed E-state index contributed by atoms with van der Waals surface area (Å²) in [6, 6.07) is 10.4. The van der Waals surface area contributed by atoms with Crippen LogP contribution in [0, 0.1) is 11.2 Å². The lowest BCUT2D eigenvalue weighted by molar-refractivity contribution is -0.151. The SMILES string of the molecule is COC(=O)C(C)(C)CCCNC(=O)N1CCc2c(n(Cc3cccc(F)c3)c3ncccc23)C1. The number of carbonyl (C=O) groups excluding carboxylic acids is 2. The van der Waals surface area contributed by atoms with Crippen LogP contribution in [0.5, 0.6) is 0 Å². The maximum atomic E-state index is 13.8. The molecule has 1 aliphatic rings. The highest BCUT2D eigenvalue weighted by molar-refractivity contribution is 5.83. The number of hydrogen-bond donors (Lipinski definition) is 1. The Morgan fingerprint density at radius 2 is 2.06 bits per heavy atom. The van der Waals surface area contributed by atoms with Crippen molar-refractivity contribution in [2.45, 2.75) is 46.2 Å². The molecule has 3 aromatic rings. The maximum Gasteiger partial charge on any atom is 0.317 e. The minimum absolute atomic E-state index is 0.128. The van der Waals surface area contributed by atoms with E-state index in [1.807, 2.05) is 26.0 Å². The number of pyridine rings is 1. The third kappa shape index (κ3) is 4.90. The van der Waals surface area contributed by atoms with Crippen molar-refractivity contribution in [2.24, 2.45) is 5.41 Å². The number of methoxy groups -OCH3 is 1. The van der Waals surface area contributed by atoms with Crippen molar-refractivity contribution >= 4 is 23.0 Å². The number of esters is 1. The summed E-state index contributed by atoms with van der Waals surface area (Å²) >= 11 is 0. The lowest BCUT2D eigenvalue weighted by atomic mass is 9.88. The Hall–Kier alpha value is -3.42. The molecule has 0 spiro atoms. The molecule has 0 radical (unpaired) electrons. The van der Waals surface area contributed by atoms with Gasteiger partial charge in [0, 0.05) is 36.9 Å². The van der Waals surface area contributed by atoms with E-state index in [2.05, 4.69) is 20.9 Å². The first-order chi connectivity index (χ1) is 16.3. The van der Waals surface area contributed by atoms with Gasteiger partial charge in [-0.3, -0.25) is 4.79 Å². The number of benzene rings is 1. The van der Waals surface area contributed by atoms with Crippen LogP contribution >= 0.6 is 0 Å². The Labute approximate surface area is 198 Å². The second-order valence-corrected chi connectivity index (χ2v) is 9.40. The first kappa shape index (κ1) is 23.7. The molecule has 34 heavy (non-hydrogen) atoms. The summed E-state index contributed by atoms with van der Waals surface area (Å²) in [5.41, 5.74) is 3.35. The summed E-state index contributed by atoms with van der Waals surface area (Å²) in [5.74, 6) is -0.519. The highest BCUT2D eigenvalue weighted by Gasteiger charge is 2.29. The molecular weight excluding hydrogens is 435 g/mol. The molecule has 0 bridgehead atoms. The van der Waals surface area contributed by atoms with Gasteiger partial charge in [-0.1, -0.05) is 12.1 Å². The van der Waals surface area contributed by atoms with E-state index in [0.717, 1.165) is 28.7 Å². The van der Waals surface area contributed by atoms with Gasteiger partial charge in [0.05, 0.1) is 19.1 Å². The summed E-state index contributed by atoms with van der Waals surface area (Å²) in [6.07, 6.45) is 3.79. The van der Waals surface area contributed by atoms with Crippen molar-refractivity contribution in [3.8, 4) is 0 Å². The molecular formula is C26H31FN4O3.